The van der Waals surface area contributed by atoms with E-state index in [1.807, 2.05) is 0 Å². The summed E-state index contributed by atoms with van der Waals surface area (Å²) in [5.41, 5.74) is 0.141. The summed E-state index contributed by atoms with van der Waals surface area (Å²) in [6.45, 7) is -2.25. The van der Waals surface area contributed by atoms with Gasteiger partial charge in [-0.25, -0.2) is 0 Å². The van der Waals surface area contributed by atoms with Gasteiger partial charge in [-0.05, 0) is 18.2 Å². The fourth-order valence-electron chi connectivity index (χ4n) is 1.39. The molecular weight excluding hydrogens is 315 g/mol. The number of carbonyl (C=O) groups excluding carboxylic acids is 1. The van der Waals surface area contributed by atoms with E-state index in [1.54, 1.807) is 12.1 Å². The van der Waals surface area contributed by atoms with Crippen LogP contribution < -0.4 is 0 Å². The van der Waals surface area contributed by atoms with E-state index in [0.717, 1.165) is 0 Å². The number of rotatable bonds is 4. The first-order valence-corrected chi connectivity index (χ1v) is 5.85. The van der Waals surface area contributed by atoms with Gasteiger partial charge in [0.1, 0.15) is 6.54 Å². The summed E-state index contributed by atoms with van der Waals surface area (Å²) < 4.78 is 37.5. The van der Waals surface area contributed by atoms with Crippen LogP contribution >= 0.6 is 15.9 Å². The molecule has 0 heterocycles. The van der Waals surface area contributed by atoms with Gasteiger partial charge in [-0.1, -0.05) is 22.0 Å². The van der Waals surface area contributed by atoms with Gasteiger partial charge in [-0.3, -0.25) is 4.79 Å². The number of nitrogens with zero attached hydrogens (tertiary/aromatic N) is 1. The average Bonchev–Trinajstić information content (AvgIpc) is 2.26. The quantitative estimate of drug-likeness (QED) is 0.923. The van der Waals surface area contributed by atoms with E-state index in [4.69, 9.17) is 5.11 Å². The summed E-state index contributed by atoms with van der Waals surface area (Å²) in [4.78, 5) is 12.4. The second-order valence-corrected chi connectivity index (χ2v) is 4.49. The molecule has 0 aliphatic rings. The Morgan fingerprint density at radius 1 is 1.39 bits per heavy atom. The largest absolute Gasteiger partial charge is 0.406 e. The van der Waals surface area contributed by atoms with Crippen LogP contribution in [0.5, 0.6) is 0 Å². The van der Waals surface area contributed by atoms with Crippen molar-refractivity contribution in [1.82, 2.24) is 4.90 Å². The van der Waals surface area contributed by atoms with Gasteiger partial charge in [0.2, 0.25) is 0 Å². The number of aliphatic hydroxyl groups is 1. The third kappa shape index (κ3) is 4.66. The molecule has 1 N–H and O–H groups in total. The average molecular weight is 326 g/mol. The van der Waals surface area contributed by atoms with Gasteiger partial charge < -0.3 is 10.0 Å². The Morgan fingerprint density at radius 2 is 2.06 bits per heavy atom. The van der Waals surface area contributed by atoms with Crippen LogP contribution in [-0.2, 0) is 0 Å². The minimum absolute atomic E-state index is 0.141. The number of aliphatic hydroxyl groups excluding tert-OH is 1. The van der Waals surface area contributed by atoms with Gasteiger partial charge in [-0.2, -0.15) is 13.2 Å². The molecule has 0 aliphatic heterocycles. The fourth-order valence-corrected chi connectivity index (χ4v) is 1.79. The van der Waals surface area contributed by atoms with E-state index in [1.165, 1.54) is 12.1 Å². The zero-order valence-electron chi connectivity index (χ0n) is 9.25. The Hall–Kier alpha value is -1.08. The van der Waals surface area contributed by atoms with Crippen molar-refractivity contribution in [3.8, 4) is 0 Å². The maximum absolute atomic E-state index is 12.3. The highest BCUT2D eigenvalue weighted by Crippen LogP contribution is 2.19. The van der Waals surface area contributed by atoms with Crippen LogP contribution in [0.3, 0.4) is 0 Å². The second-order valence-electron chi connectivity index (χ2n) is 3.58. The Kier molecular flexibility index (Phi) is 5.15. The van der Waals surface area contributed by atoms with Crippen LogP contribution in [0.15, 0.2) is 28.7 Å². The van der Waals surface area contributed by atoms with E-state index < -0.39 is 25.2 Å². The van der Waals surface area contributed by atoms with Crippen LogP contribution in [-0.4, -0.2) is 41.8 Å². The molecule has 0 aromatic heterocycles. The molecule has 0 saturated heterocycles. The van der Waals surface area contributed by atoms with E-state index in [2.05, 4.69) is 15.9 Å². The highest BCUT2D eigenvalue weighted by Gasteiger charge is 2.33. The lowest BCUT2D eigenvalue weighted by Gasteiger charge is -2.23. The molecule has 0 fully saturated rings. The second kappa shape index (κ2) is 6.19. The molecule has 1 aromatic carbocycles. The van der Waals surface area contributed by atoms with Crippen LogP contribution in [0.1, 0.15) is 10.4 Å². The molecule has 18 heavy (non-hydrogen) atoms. The maximum Gasteiger partial charge on any atom is 0.406 e. The molecule has 7 heteroatoms. The highest BCUT2D eigenvalue weighted by molar-refractivity contribution is 9.10. The molecule has 1 rings (SSSR count). The van der Waals surface area contributed by atoms with Gasteiger partial charge in [0.05, 0.1) is 6.61 Å². The van der Waals surface area contributed by atoms with Gasteiger partial charge in [0.15, 0.2) is 0 Å². The molecule has 1 amide bonds. The summed E-state index contributed by atoms with van der Waals surface area (Å²) in [6, 6.07) is 6.08. The summed E-state index contributed by atoms with van der Waals surface area (Å²) in [5, 5.41) is 8.71. The maximum atomic E-state index is 12.3. The summed E-state index contributed by atoms with van der Waals surface area (Å²) in [6.07, 6.45) is -4.49. The Labute approximate surface area is 110 Å². The van der Waals surface area contributed by atoms with Crippen molar-refractivity contribution in [1.29, 1.82) is 0 Å². The summed E-state index contributed by atoms with van der Waals surface area (Å²) in [7, 11) is 0. The summed E-state index contributed by atoms with van der Waals surface area (Å²) >= 11 is 3.14. The summed E-state index contributed by atoms with van der Waals surface area (Å²) in [5.74, 6) is -0.761. The topological polar surface area (TPSA) is 40.5 Å². The third-order valence-electron chi connectivity index (χ3n) is 2.10. The van der Waals surface area contributed by atoms with Crippen LogP contribution in [0.2, 0.25) is 0 Å². The van der Waals surface area contributed by atoms with Gasteiger partial charge in [-0.15, -0.1) is 0 Å². The van der Waals surface area contributed by atoms with Gasteiger partial charge in [0, 0.05) is 16.6 Å². The molecule has 1 aromatic rings. The monoisotopic (exact) mass is 325 g/mol. The molecule has 0 aliphatic carbocycles. The predicted molar refractivity (Wildman–Crippen MR) is 63.2 cm³/mol. The van der Waals surface area contributed by atoms with Crippen molar-refractivity contribution in [2.45, 2.75) is 6.18 Å². The Bertz CT molecular complexity index is 423. The molecule has 3 nitrogen and oxygen atoms in total. The molecule has 0 radical (unpaired) electrons. The number of benzene rings is 1. The molecular formula is C11H11BrF3NO2. The minimum atomic E-state index is -4.49. The highest BCUT2D eigenvalue weighted by atomic mass is 79.9. The first kappa shape index (κ1) is 15.0. The van der Waals surface area contributed by atoms with Crippen molar-refractivity contribution in [3.63, 3.8) is 0 Å². The molecule has 100 valence electrons. The molecule has 0 unspecified atom stereocenters. The lowest BCUT2D eigenvalue weighted by molar-refractivity contribution is -0.141. The van der Waals surface area contributed by atoms with Gasteiger partial charge >= 0.3 is 6.18 Å². The zero-order chi connectivity index (χ0) is 13.8. The van der Waals surface area contributed by atoms with Crippen molar-refractivity contribution in [2.75, 3.05) is 19.7 Å². The normalized spacial score (nSPS) is 11.4. The number of hydrogen-bond donors (Lipinski definition) is 1. The number of halogens is 4. The van der Waals surface area contributed by atoms with Crippen LogP contribution in [0, 0.1) is 0 Å². The number of hydrogen-bond acceptors (Lipinski definition) is 2. The molecule has 0 spiro atoms. The van der Waals surface area contributed by atoms with Crippen LogP contribution in [0.4, 0.5) is 13.2 Å². The smallest absolute Gasteiger partial charge is 0.395 e. The predicted octanol–water partition coefficient (Wildman–Crippen LogP) is 2.45. The van der Waals surface area contributed by atoms with Crippen LogP contribution in [0.25, 0.3) is 0 Å². The molecule has 0 bridgehead atoms. The number of alkyl halides is 3. The van der Waals surface area contributed by atoms with E-state index in [0.29, 0.717) is 9.37 Å². The number of amides is 1. The molecule has 0 saturated carbocycles. The van der Waals surface area contributed by atoms with Gasteiger partial charge in [0.25, 0.3) is 5.91 Å². The van der Waals surface area contributed by atoms with E-state index >= 15 is 0 Å². The van der Waals surface area contributed by atoms with Crippen molar-refractivity contribution < 1.29 is 23.1 Å². The Balaban J connectivity index is 2.89. The first-order chi connectivity index (χ1) is 8.33. The van der Waals surface area contributed by atoms with Crippen molar-refractivity contribution in [3.05, 3.63) is 34.3 Å². The van der Waals surface area contributed by atoms with Crippen molar-refractivity contribution >= 4 is 21.8 Å². The van der Waals surface area contributed by atoms with Crippen molar-refractivity contribution in [2.24, 2.45) is 0 Å². The first-order valence-electron chi connectivity index (χ1n) is 5.06. The lowest BCUT2D eigenvalue weighted by atomic mass is 10.2. The standard InChI is InChI=1S/C11H11BrF3NO2/c12-9-3-1-2-8(6-9)10(18)16(4-5-17)7-11(13,14)15/h1-3,6,17H,4-5,7H2. The third-order valence-corrected chi connectivity index (χ3v) is 2.59. The van der Waals surface area contributed by atoms with E-state index in [-0.39, 0.29) is 12.1 Å². The number of carbonyl (C=O) groups is 1. The lowest BCUT2D eigenvalue weighted by Crippen LogP contribution is -2.40. The SMILES string of the molecule is O=C(c1cccc(Br)c1)N(CCO)CC(F)(F)F. The fraction of sp³-hybridized carbons (Fsp3) is 0.364. The minimum Gasteiger partial charge on any atom is -0.395 e. The zero-order valence-corrected chi connectivity index (χ0v) is 10.8. The van der Waals surface area contributed by atoms with E-state index in [9.17, 15) is 18.0 Å². The molecule has 0 atom stereocenters. The Morgan fingerprint density at radius 3 is 2.56 bits per heavy atom.